The van der Waals surface area contributed by atoms with Gasteiger partial charge in [-0.15, -0.1) is 0 Å². The number of anilines is 1. The summed E-state index contributed by atoms with van der Waals surface area (Å²) < 4.78 is 34.4. The number of para-hydroxylation sites is 1. The van der Waals surface area contributed by atoms with E-state index in [9.17, 15) is 13.6 Å². The van der Waals surface area contributed by atoms with Gasteiger partial charge < -0.3 is 15.0 Å². The number of halogens is 2. The van der Waals surface area contributed by atoms with Gasteiger partial charge in [0.05, 0.1) is 17.2 Å². The molecule has 2 aromatic rings. The molecular weight excluding hydrogens is 326 g/mol. The minimum atomic E-state index is -0.909. The molecule has 25 heavy (non-hydrogen) atoms. The first-order valence-corrected chi connectivity index (χ1v) is 8.37. The zero-order valence-corrected chi connectivity index (χ0v) is 13.5. The van der Waals surface area contributed by atoms with Crippen LogP contribution in [0.25, 0.3) is 0 Å². The zero-order chi connectivity index (χ0) is 17.4. The highest BCUT2D eigenvalue weighted by molar-refractivity contribution is 6.01. The number of hydrogen-bond acceptors (Lipinski definition) is 3. The fourth-order valence-electron chi connectivity index (χ4n) is 3.49. The first kappa shape index (κ1) is 16.0. The van der Waals surface area contributed by atoms with Crippen molar-refractivity contribution in [3.63, 3.8) is 0 Å². The van der Waals surface area contributed by atoms with E-state index in [1.807, 2.05) is 0 Å². The number of hydrogen-bond donors (Lipinski definition) is 1. The smallest absolute Gasteiger partial charge is 0.257 e. The summed E-state index contributed by atoms with van der Waals surface area (Å²) in [7, 11) is 0. The van der Waals surface area contributed by atoms with E-state index in [0.717, 1.165) is 12.8 Å². The van der Waals surface area contributed by atoms with E-state index in [0.29, 0.717) is 24.4 Å². The molecule has 0 bridgehead atoms. The Kier molecular flexibility index (Phi) is 4.13. The van der Waals surface area contributed by atoms with Crippen LogP contribution >= 0.6 is 0 Å². The Hall–Kier alpha value is -2.47. The molecule has 0 aromatic heterocycles. The summed E-state index contributed by atoms with van der Waals surface area (Å²) >= 11 is 0. The van der Waals surface area contributed by atoms with Gasteiger partial charge in [0.15, 0.2) is 0 Å². The van der Waals surface area contributed by atoms with Crippen molar-refractivity contribution in [2.24, 2.45) is 0 Å². The van der Waals surface area contributed by atoms with Crippen LogP contribution in [0.4, 0.5) is 14.5 Å². The number of carbonyl (C=O) groups excluding carboxylic acids is 1. The first-order chi connectivity index (χ1) is 12.1. The fraction of sp³-hybridized carbons (Fsp3) is 0.316. The number of benzene rings is 2. The van der Waals surface area contributed by atoms with Gasteiger partial charge in [-0.2, -0.15) is 0 Å². The lowest BCUT2D eigenvalue weighted by atomic mass is 10.0. The van der Waals surface area contributed by atoms with Crippen molar-refractivity contribution in [2.75, 3.05) is 18.5 Å². The second-order valence-electron chi connectivity index (χ2n) is 6.32. The van der Waals surface area contributed by atoms with Gasteiger partial charge in [0.1, 0.15) is 17.8 Å². The molecule has 2 atom stereocenters. The molecule has 0 unspecified atom stereocenters. The quantitative estimate of drug-likeness (QED) is 0.923. The zero-order valence-electron chi connectivity index (χ0n) is 13.5. The van der Waals surface area contributed by atoms with Crippen molar-refractivity contribution in [3.05, 3.63) is 65.2 Å². The van der Waals surface area contributed by atoms with Crippen LogP contribution in [0.1, 0.15) is 34.9 Å². The van der Waals surface area contributed by atoms with Crippen molar-refractivity contribution in [1.29, 1.82) is 0 Å². The van der Waals surface area contributed by atoms with Crippen LogP contribution in [-0.2, 0) is 4.74 Å². The maximum atomic E-state index is 14.4. The predicted molar refractivity (Wildman–Crippen MR) is 89.2 cm³/mol. The van der Waals surface area contributed by atoms with Crippen molar-refractivity contribution < 1.29 is 18.3 Å². The Balaban J connectivity index is 1.77. The molecule has 6 heteroatoms. The average molecular weight is 344 g/mol. The molecule has 2 aliphatic rings. The van der Waals surface area contributed by atoms with Crippen LogP contribution in [0, 0.1) is 11.6 Å². The summed E-state index contributed by atoms with van der Waals surface area (Å²) in [5, 5.41) is 3.12. The maximum absolute atomic E-state index is 14.4. The molecule has 2 aliphatic heterocycles. The highest BCUT2D eigenvalue weighted by Crippen LogP contribution is 2.35. The number of nitrogens with zero attached hydrogens (tertiary/aromatic N) is 1. The van der Waals surface area contributed by atoms with Crippen molar-refractivity contribution in [3.8, 4) is 0 Å². The number of carbonyl (C=O) groups is 1. The lowest BCUT2D eigenvalue weighted by Crippen LogP contribution is -2.47. The molecule has 0 spiro atoms. The lowest BCUT2D eigenvalue weighted by molar-refractivity contribution is 0.0419. The van der Waals surface area contributed by atoms with Gasteiger partial charge in [-0.3, -0.25) is 4.79 Å². The van der Waals surface area contributed by atoms with Crippen LogP contribution in [0.3, 0.4) is 0 Å². The van der Waals surface area contributed by atoms with E-state index in [1.165, 1.54) is 23.1 Å². The van der Waals surface area contributed by atoms with Gasteiger partial charge in [-0.1, -0.05) is 18.2 Å². The third-order valence-electron chi connectivity index (χ3n) is 4.72. The predicted octanol–water partition coefficient (Wildman–Crippen LogP) is 3.71. The van der Waals surface area contributed by atoms with Crippen molar-refractivity contribution in [1.82, 2.24) is 4.90 Å². The van der Waals surface area contributed by atoms with Gasteiger partial charge in [-0.25, -0.2) is 8.78 Å². The monoisotopic (exact) mass is 344 g/mol. The maximum Gasteiger partial charge on any atom is 0.257 e. The molecule has 1 amide bonds. The highest BCUT2D eigenvalue weighted by atomic mass is 19.1. The molecule has 0 radical (unpaired) electrons. The summed E-state index contributed by atoms with van der Waals surface area (Å²) in [5.74, 6) is -1.61. The number of ether oxygens (including phenoxy) is 1. The van der Waals surface area contributed by atoms with Gasteiger partial charge in [0, 0.05) is 18.8 Å². The Morgan fingerprint density at radius 1 is 1.12 bits per heavy atom. The standard InChI is InChI=1S/C19H18F2N2O2/c20-14-7-3-8-15(21)17(14)18-22-16-9-2-1-6-13(16)19(24)23(18)11-12-5-4-10-25-12/h1-3,6-9,12,18,22H,4-5,10-11H2/t12-,18+/m1/s1. The Morgan fingerprint density at radius 2 is 1.88 bits per heavy atom. The molecular formula is C19H18F2N2O2. The Labute approximate surface area is 144 Å². The van der Waals surface area contributed by atoms with E-state index < -0.39 is 17.8 Å². The fourth-order valence-corrected chi connectivity index (χ4v) is 3.49. The summed E-state index contributed by atoms with van der Waals surface area (Å²) in [4.78, 5) is 14.5. The third-order valence-corrected chi connectivity index (χ3v) is 4.72. The van der Waals surface area contributed by atoms with E-state index >= 15 is 0 Å². The van der Waals surface area contributed by atoms with Crippen molar-refractivity contribution >= 4 is 11.6 Å². The lowest BCUT2D eigenvalue weighted by Gasteiger charge is -2.39. The second-order valence-corrected chi connectivity index (χ2v) is 6.32. The van der Waals surface area contributed by atoms with E-state index in [4.69, 9.17) is 4.74 Å². The summed E-state index contributed by atoms with van der Waals surface area (Å²) in [6, 6.07) is 10.7. The molecule has 4 rings (SSSR count). The van der Waals surface area contributed by atoms with Crippen LogP contribution < -0.4 is 5.32 Å². The molecule has 2 heterocycles. The molecule has 4 nitrogen and oxygen atoms in total. The van der Waals surface area contributed by atoms with Crippen LogP contribution in [0.5, 0.6) is 0 Å². The molecule has 1 fully saturated rings. The largest absolute Gasteiger partial charge is 0.376 e. The van der Waals surface area contributed by atoms with Gasteiger partial charge in [-0.05, 0) is 37.1 Å². The first-order valence-electron chi connectivity index (χ1n) is 8.37. The van der Waals surface area contributed by atoms with Gasteiger partial charge in [0.25, 0.3) is 5.91 Å². The number of fused-ring (bicyclic) bond motifs is 1. The minimum Gasteiger partial charge on any atom is -0.376 e. The van der Waals surface area contributed by atoms with E-state index in [1.54, 1.807) is 24.3 Å². The number of amides is 1. The van der Waals surface area contributed by atoms with Crippen molar-refractivity contribution in [2.45, 2.75) is 25.1 Å². The average Bonchev–Trinajstić information content (AvgIpc) is 3.11. The number of rotatable bonds is 3. The minimum absolute atomic E-state index is 0.117. The van der Waals surface area contributed by atoms with Gasteiger partial charge >= 0.3 is 0 Å². The molecule has 1 N–H and O–H groups in total. The highest BCUT2D eigenvalue weighted by Gasteiger charge is 2.37. The molecule has 1 saturated heterocycles. The van der Waals surface area contributed by atoms with E-state index in [2.05, 4.69) is 5.32 Å². The molecule has 2 aromatic carbocycles. The second kappa shape index (κ2) is 6.44. The molecule has 0 aliphatic carbocycles. The summed E-state index contributed by atoms with van der Waals surface area (Å²) in [5.41, 5.74) is 0.917. The van der Waals surface area contributed by atoms with Crippen LogP contribution in [0.15, 0.2) is 42.5 Å². The Bertz CT molecular complexity index is 786. The third kappa shape index (κ3) is 2.87. The molecule has 0 saturated carbocycles. The summed E-state index contributed by atoms with van der Waals surface area (Å²) in [6.07, 6.45) is 0.731. The van der Waals surface area contributed by atoms with Crippen LogP contribution in [0.2, 0.25) is 0 Å². The van der Waals surface area contributed by atoms with E-state index in [-0.39, 0.29) is 17.6 Å². The van der Waals surface area contributed by atoms with Gasteiger partial charge in [0.2, 0.25) is 0 Å². The number of nitrogens with one attached hydrogen (secondary N) is 1. The normalized spacial score (nSPS) is 22.6. The Morgan fingerprint density at radius 3 is 2.60 bits per heavy atom. The van der Waals surface area contributed by atoms with Crippen LogP contribution in [-0.4, -0.2) is 30.1 Å². The molecule has 130 valence electrons. The summed E-state index contributed by atoms with van der Waals surface area (Å²) in [6.45, 7) is 0.939. The SMILES string of the molecule is O=C1c2ccccc2N[C@H](c2c(F)cccc2F)N1C[C@H]1CCCO1. The topological polar surface area (TPSA) is 41.6 Å².